The lowest BCUT2D eigenvalue weighted by Crippen LogP contribution is -2.14. The summed E-state index contributed by atoms with van der Waals surface area (Å²) in [6.45, 7) is 0.704. The maximum Gasteiger partial charge on any atom is 0.170 e. The number of Topliss-reactive ketones (excluding diaryl/α,β-unsaturated/α-hetero) is 1. The highest BCUT2D eigenvalue weighted by molar-refractivity contribution is 9.10. The molecule has 2 aromatic rings. The summed E-state index contributed by atoms with van der Waals surface area (Å²) >= 11 is 3.40. The average Bonchev–Trinajstić information content (AvgIpc) is 2.49. The molecule has 0 amide bonds. The predicted molar refractivity (Wildman–Crippen MR) is 82.4 cm³/mol. The van der Waals surface area contributed by atoms with Gasteiger partial charge in [0.2, 0.25) is 0 Å². The fourth-order valence-electron chi connectivity index (χ4n) is 2.49. The first-order valence-electron chi connectivity index (χ1n) is 6.76. The Morgan fingerprint density at radius 2 is 1.95 bits per heavy atom. The Balaban J connectivity index is 1.85. The molecule has 3 heteroatoms. The Morgan fingerprint density at radius 1 is 1.15 bits per heavy atom. The third-order valence-electron chi connectivity index (χ3n) is 3.51. The maximum absolute atomic E-state index is 12.5. The van der Waals surface area contributed by atoms with Gasteiger partial charge in [0.15, 0.2) is 5.78 Å². The number of hydrogen-bond donors (Lipinski definition) is 0. The highest BCUT2D eigenvalue weighted by Gasteiger charge is 2.19. The van der Waals surface area contributed by atoms with E-state index in [9.17, 15) is 4.79 Å². The van der Waals surface area contributed by atoms with Gasteiger partial charge in [0.1, 0.15) is 5.75 Å². The Labute approximate surface area is 126 Å². The summed E-state index contributed by atoms with van der Waals surface area (Å²) in [5.41, 5.74) is 2.88. The van der Waals surface area contributed by atoms with Gasteiger partial charge in [-0.25, -0.2) is 0 Å². The van der Waals surface area contributed by atoms with Gasteiger partial charge in [0.25, 0.3) is 0 Å². The number of aryl methyl sites for hydroxylation is 1. The number of ether oxygens (including phenoxy) is 1. The predicted octanol–water partition coefficient (Wildman–Crippen LogP) is 4.20. The first-order valence-corrected chi connectivity index (χ1v) is 7.55. The smallest absolute Gasteiger partial charge is 0.170 e. The van der Waals surface area contributed by atoms with Gasteiger partial charge in [-0.2, -0.15) is 0 Å². The van der Waals surface area contributed by atoms with Gasteiger partial charge < -0.3 is 4.74 Å². The maximum atomic E-state index is 12.5. The van der Waals surface area contributed by atoms with Crippen molar-refractivity contribution in [3.8, 4) is 5.75 Å². The molecule has 1 aliphatic heterocycles. The van der Waals surface area contributed by atoms with Crippen molar-refractivity contribution in [2.24, 2.45) is 0 Å². The van der Waals surface area contributed by atoms with E-state index in [1.165, 1.54) is 0 Å². The van der Waals surface area contributed by atoms with Crippen molar-refractivity contribution in [3.05, 3.63) is 63.6 Å². The molecule has 3 rings (SSSR count). The zero-order valence-electron chi connectivity index (χ0n) is 11.1. The van der Waals surface area contributed by atoms with Crippen molar-refractivity contribution in [1.82, 2.24) is 0 Å². The van der Waals surface area contributed by atoms with Crippen LogP contribution in [0, 0.1) is 0 Å². The number of benzene rings is 2. The molecule has 0 aliphatic carbocycles. The van der Waals surface area contributed by atoms with Crippen molar-refractivity contribution < 1.29 is 9.53 Å². The molecule has 0 saturated carbocycles. The van der Waals surface area contributed by atoms with Gasteiger partial charge in [-0.3, -0.25) is 4.79 Å². The standard InChI is InChI=1S/C17H15BrO2/c18-14-8-6-12(7-9-14)11-16(19)15-5-1-3-13-4-2-10-20-17(13)15/h1,3,5-9H,2,4,10-11H2. The van der Waals surface area contributed by atoms with E-state index in [1.54, 1.807) is 0 Å². The minimum Gasteiger partial charge on any atom is -0.493 e. The molecule has 0 spiro atoms. The Bertz CT molecular complexity index is 632. The molecule has 0 N–H and O–H groups in total. The van der Waals surface area contributed by atoms with E-state index in [0.29, 0.717) is 18.6 Å². The molecule has 0 fully saturated rings. The number of carbonyl (C=O) groups excluding carboxylic acids is 1. The number of para-hydroxylation sites is 1. The zero-order valence-corrected chi connectivity index (χ0v) is 12.7. The van der Waals surface area contributed by atoms with Crippen LogP contribution in [0.2, 0.25) is 0 Å². The first-order chi connectivity index (χ1) is 9.74. The highest BCUT2D eigenvalue weighted by atomic mass is 79.9. The normalized spacial score (nSPS) is 13.4. The van der Waals surface area contributed by atoms with Gasteiger partial charge in [-0.05, 0) is 42.2 Å². The van der Waals surface area contributed by atoms with Crippen LogP contribution in [-0.4, -0.2) is 12.4 Å². The monoisotopic (exact) mass is 330 g/mol. The van der Waals surface area contributed by atoms with Crippen LogP contribution in [0.15, 0.2) is 46.9 Å². The van der Waals surface area contributed by atoms with E-state index < -0.39 is 0 Å². The lowest BCUT2D eigenvalue weighted by Gasteiger charge is -2.19. The summed E-state index contributed by atoms with van der Waals surface area (Å²) in [6, 6.07) is 13.7. The van der Waals surface area contributed by atoms with Crippen LogP contribution in [0.4, 0.5) is 0 Å². The number of ketones is 1. The molecule has 0 atom stereocenters. The molecule has 2 nitrogen and oxygen atoms in total. The van der Waals surface area contributed by atoms with E-state index in [2.05, 4.69) is 15.9 Å². The minimum atomic E-state index is 0.117. The molecule has 1 heterocycles. The van der Waals surface area contributed by atoms with E-state index in [4.69, 9.17) is 4.74 Å². The molecule has 0 radical (unpaired) electrons. The van der Waals surface area contributed by atoms with Crippen molar-refractivity contribution >= 4 is 21.7 Å². The SMILES string of the molecule is O=C(Cc1ccc(Br)cc1)c1cccc2c1OCCC2. The Morgan fingerprint density at radius 3 is 2.75 bits per heavy atom. The molecule has 102 valence electrons. The van der Waals surface area contributed by atoms with Crippen LogP contribution < -0.4 is 4.74 Å². The van der Waals surface area contributed by atoms with Crippen molar-refractivity contribution in [1.29, 1.82) is 0 Å². The van der Waals surface area contributed by atoms with Gasteiger partial charge in [-0.15, -0.1) is 0 Å². The topological polar surface area (TPSA) is 26.3 Å². The van der Waals surface area contributed by atoms with E-state index in [-0.39, 0.29) is 5.78 Å². The van der Waals surface area contributed by atoms with Crippen LogP contribution in [0.5, 0.6) is 5.75 Å². The summed E-state index contributed by atoms with van der Waals surface area (Å²) in [5.74, 6) is 0.909. The molecular weight excluding hydrogens is 316 g/mol. The van der Waals surface area contributed by atoms with Gasteiger partial charge in [0, 0.05) is 10.9 Å². The summed E-state index contributed by atoms with van der Waals surface area (Å²) in [5, 5.41) is 0. The second kappa shape index (κ2) is 5.80. The molecule has 0 saturated heterocycles. The van der Waals surface area contributed by atoms with Gasteiger partial charge in [0.05, 0.1) is 12.2 Å². The fourth-order valence-corrected chi connectivity index (χ4v) is 2.76. The third kappa shape index (κ3) is 2.78. The lowest BCUT2D eigenvalue weighted by atomic mass is 9.97. The van der Waals surface area contributed by atoms with Crippen LogP contribution >= 0.6 is 15.9 Å². The molecule has 0 unspecified atom stereocenters. The summed E-state index contributed by atoms with van der Waals surface area (Å²) in [6.07, 6.45) is 2.43. The molecule has 2 aromatic carbocycles. The largest absolute Gasteiger partial charge is 0.493 e. The second-order valence-corrected chi connectivity index (χ2v) is 5.89. The van der Waals surface area contributed by atoms with E-state index in [1.807, 2.05) is 42.5 Å². The van der Waals surface area contributed by atoms with E-state index in [0.717, 1.165) is 34.2 Å². The summed E-state index contributed by atoms with van der Waals surface area (Å²) in [7, 11) is 0. The number of halogens is 1. The van der Waals surface area contributed by atoms with Crippen LogP contribution in [0.3, 0.4) is 0 Å². The van der Waals surface area contributed by atoms with Crippen molar-refractivity contribution in [3.63, 3.8) is 0 Å². The van der Waals surface area contributed by atoms with Gasteiger partial charge in [-0.1, -0.05) is 40.2 Å². The van der Waals surface area contributed by atoms with Crippen molar-refractivity contribution in [2.45, 2.75) is 19.3 Å². The van der Waals surface area contributed by atoms with Gasteiger partial charge >= 0.3 is 0 Å². The summed E-state index contributed by atoms with van der Waals surface area (Å²) in [4.78, 5) is 12.5. The minimum absolute atomic E-state index is 0.117. The number of hydrogen-bond acceptors (Lipinski definition) is 2. The molecule has 0 bridgehead atoms. The second-order valence-electron chi connectivity index (χ2n) is 4.97. The number of fused-ring (bicyclic) bond motifs is 1. The van der Waals surface area contributed by atoms with Crippen LogP contribution in [0.25, 0.3) is 0 Å². The van der Waals surface area contributed by atoms with Crippen molar-refractivity contribution in [2.75, 3.05) is 6.61 Å². The molecule has 1 aliphatic rings. The lowest BCUT2D eigenvalue weighted by molar-refractivity contribution is 0.0988. The zero-order chi connectivity index (χ0) is 13.9. The number of rotatable bonds is 3. The third-order valence-corrected chi connectivity index (χ3v) is 4.04. The van der Waals surface area contributed by atoms with E-state index >= 15 is 0 Å². The number of carbonyl (C=O) groups is 1. The molecule has 20 heavy (non-hydrogen) atoms. The van der Waals surface area contributed by atoms with Crippen LogP contribution in [0.1, 0.15) is 27.9 Å². The average molecular weight is 331 g/mol. The molecule has 0 aromatic heterocycles. The quantitative estimate of drug-likeness (QED) is 0.788. The first kappa shape index (κ1) is 13.4. The fraction of sp³-hybridized carbons (Fsp3) is 0.235. The highest BCUT2D eigenvalue weighted by Crippen LogP contribution is 2.29. The molecular formula is C17H15BrO2. The van der Waals surface area contributed by atoms with Crippen LogP contribution in [-0.2, 0) is 12.8 Å². The Kier molecular flexibility index (Phi) is 3.88. The Hall–Kier alpha value is -1.61. The summed E-state index contributed by atoms with van der Waals surface area (Å²) < 4.78 is 6.73.